The van der Waals surface area contributed by atoms with Crippen molar-refractivity contribution < 1.29 is 14.6 Å². The molecule has 4 heteroatoms. The summed E-state index contributed by atoms with van der Waals surface area (Å²) in [5.41, 5.74) is 2.57. The van der Waals surface area contributed by atoms with E-state index < -0.39 is 5.60 Å². The van der Waals surface area contributed by atoms with Gasteiger partial charge in [-0.1, -0.05) is 36.4 Å². The van der Waals surface area contributed by atoms with Crippen LogP contribution in [0.25, 0.3) is 0 Å². The largest absolute Gasteiger partial charge is 0.489 e. The van der Waals surface area contributed by atoms with Crippen LogP contribution in [0.5, 0.6) is 5.75 Å². The first-order valence-corrected chi connectivity index (χ1v) is 8.79. The maximum absolute atomic E-state index is 12.1. The summed E-state index contributed by atoms with van der Waals surface area (Å²) in [4.78, 5) is 12.1. The smallest absolute Gasteiger partial charge is 0.224 e. The average molecular weight is 339 g/mol. The van der Waals surface area contributed by atoms with Gasteiger partial charge >= 0.3 is 0 Å². The monoisotopic (exact) mass is 339 g/mol. The van der Waals surface area contributed by atoms with Gasteiger partial charge in [0, 0.05) is 6.54 Å². The van der Waals surface area contributed by atoms with E-state index in [0.29, 0.717) is 13.2 Å². The van der Waals surface area contributed by atoms with Crippen LogP contribution in [0.15, 0.2) is 48.5 Å². The summed E-state index contributed by atoms with van der Waals surface area (Å²) in [6, 6.07) is 15.7. The van der Waals surface area contributed by atoms with Crippen molar-refractivity contribution in [2.75, 3.05) is 6.54 Å². The molecule has 2 aromatic carbocycles. The fourth-order valence-electron chi connectivity index (χ4n) is 2.95. The average Bonchev–Trinajstić information content (AvgIpc) is 2.58. The molecule has 132 valence electrons. The summed E-state index contributed by atoms with van der Waals surface area (Å²) < 4.78 is 5.86. The number of nitrogens with one attached hydrogen (secondary N) is 1. The predicted molar refractivity (Wildman–Crippen MR) is 97.5 cm³/mol. The van der Waals surface area contributed by atoms with Crippen molar-refractivity contribution in [1.29, 1.82) is 0 Å². The Morgan fingerprint density at radius 3 is 2.72 bits per heavy atom. The van der Waals surface area contributed by atoms with E-state index in [1.807, 2.05) is 36.4 Å². The molecule has 0 aromatic heterocycles. The highest BCUT2D eigenvalue weighted by Gasteiger charge is 2.34. The van der Waals surface area contributed by atoms with Crippen molar-refractivity contribution in [3.8, 4) is 5.75 Å². The van der Waals surface area contributed by atoms with E-state index in [2.05, 4.69) is 24.4 Å². The molecule has 1 aliphatic rings. The van der Waals surface area contributed by atoms with Crippen LogP contribution >= 0.6 is 0 Å². The van der Waals surface area contributed by atoms with E-state index in [9.17, 15) is 9.90 Å². The van der Waals surface area contributed by atoms with Crippen LogP contribution in [0, 0.1) is 6.92 Å². The molecule has 1 aliphatic carbocycles. The molecule has 1 saturated carbocycles. The zero-order valence-corrected chi connectivity index (χ0v) is 14.6. The van der Waals surface area contributed by atoms with Crippen molar-refractivity contribution in [3.63, 3.8) is 0 Å². The van der Waals surface area contributed by atoms with E-state index in [0.717, 1.165) is 36.1 Å². The first-order valence-electron chi connectivity index (χ1n) is 8.79. The number of carbonyl (C=O) groups excluding carboxylic acids is 1. The van der Waals surface area contributed by atoms with Gasteiger partial charge in [0.05, 0.1) is 12.0 Å². The van der Waals surface area contributed by atoms with Gasteiger partial charge in [-0.15, -0.1) is 0 Å². The molecule has 1 amide bonds. The number of amides is 1. The van der Waals surface area contributed by atoms with Crippen LogP contribution in [0.4, 0.5) is 0 Å². The third-order valence-electron chi connectivity index (χ3n) is 4.82. The Kier molecular flexibility index (Phi) is 5.39. The molecule has 0 bridgehead atoms. The van der Waals surface area contributed by atoms with Crippen LogP contribution in [-0.2, 0) is 17.8 Å². The number of benzene rings is 2. The maximum Gasteiger partial charge on any atom is 0.224 e. The molecule has 25 heavy (non-hydrogen) atoms. The molecular formula is C21H25NO3. The molecule has 2 aromatic rings. The second kappa shape index (κ2) is 7.70. The SMILES string of the molecule is Cc1ccccc1COc1cccc(CC(=O)NCC2(O)CCC2)c1. The molecule has 0 spiro atoms. The Morgan fingerprint density at radius 2 is 2.00 bits per heavy atom. The molecular weight excluding hydrogens is 314 g/mol. The number of hydrogen-bond acceptors (Lipinski definition) is 3. The fourth-order valence-corrected chi connectivity index (χ4v) is 2.95. The van der Waals surface area contributed by atoms with Crippen LogP contribution in [0.3, 0.4) is 0 Å². The van der Waals surface area contributed by atoms with Gasteiger partial charge < -0.3 is 15.2 Å². The van der Waals surface area contributed by atoms with Gasteiger partial charge in [0.25, 0.3) is 0 Å². The third-order valence-corrected chi connectivity index (χ3v) is 4.82. The topological polar surface area (TPSA) is 58.6 Å². The summed E-state index contributed by atoms with van der Waals surface area (Å²) in [5, 5.41) is 12.9. The predicted octanol–water partition coefficient (Wildman–Crippen LogP) is 3.15. The molecule has 4 nitrogen and oxygen atoms in total. The normalized spacial score (nSPS) is 15.3. The van der Waals surface area contributed by atoms with Crippen LogP contribution in [0.2, 0.25) is 0 Å². The molecule has 2 N–H and O–H groups in total. The van der Waals surface area contributed by atoms with E-state index in [-0.39, 0.29) is 12.3 Å². The minimum atomic E-state index is -0.686. The lowest BCUT2D eigenvalue weighted by Gasteiger charge is -2.36. The first kappa shape index (κ1) is 17.5. The van der Waals surface area contributed by atoms with Gasteiger partial charge in [0.1, 0.15) is 12.4 Å². The second-order valence-electron chi connectivity index (χ2n) is 6.89. The fraction of sp³-hybridized carbons (Fsp3) is 0.381. The Balaban J connectivity index is 1.52. The second-order valence-corrected chi connectivity index (χ2v) is 6.89. The summed E-state index contributed by atoms with van der Waals surface area (Å²) in [7, 11) is 0. The van der Waals surface area contributed by atoms with Crippen molar-refractivity contribution >= 4 is 5.91 Å². The summed E-state index contributed by atoms with van der Waals surface area (Å²) in [5.74, 6) is 0.683. The lowest BCUT2D eigenvalue weighted by molar-refractivity contribution is -0.122. The van der Waals surface area contributed by atoms with Crippen molar-refractivity contribution in [2.24, 2.45) is 0 Å². The highest BCUT2D eigenvalue weighted by Crippen LogP contribution is 2.30. The molecule has 0 saturated heterocycles. The summed E-state index contributed by atoms with van der Waals surface area (Å²) in [6.45, 7) is 2.92. The van der Waals surface area contributed by atoms with Gasteiger partial charge in [0.2, 0.25) is 5.91 Å². The quantitative estimate of drug-likeness (QED) is 0.815. The van der Waals surface area contributed by atoms with E-state index in [4.69, 9.17) is 4.74 Å². The minimum Gasteiger partial charge on any atom is -0.489 e. The highest BCUT2D eigenvalue weighted by atomic mass is 16.5. The summed E-state index contributed by atoms with van der Waals surface area (Å²) in [6.07, 6.45) is 2.87. The van der Waals surface area contributed by atoms with Gasteiger partial charge in [0.15, 0.2) is 0 Å². The number of rotatable bonds is 7. The lowest BCUT2D eigenvalue weighted by Crippen LogP contribution is -2.48. The van der Waals surface area contributed by atoms with Crippen molar-refractivity contribution in [3.05, 3.63) is 65.2 Å². The molecule has 1 fully saturated rings. The standard InChI is InChI=1S/C21H25NO3/c1-16-6-2-3-8-18(16)14-25-19-9-4-7-17(12-19)13-20(23)22-15-21(24)10-5-11-21/h2-4,6-9,12,24H,5,10-11,13-15H2,1H3,(H,22,23). The number of aliphatic hydroxyl groups is 1. The molecule has 0 unspecified atom stereocenters. The molecule has 0 heterocycles. The number of ether oxygens (including phenoxy) is 1. The Hall–Kier alpha value is -2.33. The number of hydrogen-bond donors (Lipinski definition) is 2. The van der Waals surface area contributed by atoms with E-state index >= 15 is 0 Å². The Bertz CT molecular complexity index is 737. The van der Waals surface area contributed by atoms with E-state index in [1.54, 1.807) is 0 Å². The molecule has 3 rings (SSSR count). The van der Waals surface area contributed by atoms with Gasteiger partial charge in [-0.3, -0.25) is 4.79 Å². The van der Waals surface area contributed by atoms with Gasteiger partial charge in [-0.05, 0) is 55.0 Å². The van der Waals surface area contributed by atoms with Crippen LogP contribution in [0.1, 0.15) is 36.0 Å². The van der Waals surface area contributed by atoms with E-state index in [1.165, 1.54) is 5.56 Å². The Morgan fingerprint density at radius 1 is 1.20 bits per heavy atom. The summed E-state index contributed by atoms with van der Waals surface area (Å²) >= 11 is 0. The van der Waals surface area contributed by atoms with Crippen LogP contribution < -0.4 is 10.1 Å². The first-order chi connectivity index (χ1) is 12.0. The van der Waals surface area contributed by atoms with Crippen molar-refractivity contribution in [1.82, 2.24) is 5.32 Å². The van der Waals surface area contributed by atoms with Crippen molar-refractivity contribution in [2.45, 2.75) is 44.8 Å². The van der Waals surface area contributed by atoms with Gasteiger partial charge in [-0.2, -0.15) is 0 Å². The molecule has 0 radical (unpaired) electrons. The minimum absolute atomic E-state index is 0.0728. The lowest BCUT2D eigenvalue weighted by atomic mass is 9.80. The number of carbonyl (C=O) groups is 1. The Labute approximate surface area is 148 Å². The zero-order chi connectivity index (χ0) is 17.7. The zero-order valence-electron chi connectivity index (χ0n) is 14.6. The third kappa shape index (κ3) is 4.83. The maximum atomic E-state index is 12.1. The molecule has 0 atom stereocenters. The molecule has 0 aliphatic heterocycles. The highest BCUT2D eigenvalue weighted by molar-refractivity contribution is 5.78. The van der Waals surface area contributed by atoms with Gasteiger partial charge in [-0.25, -0.2) is 0 Å². The number of aryl methyl sites for hydroxylation is 1. The van der Waals surface area contributed by atoms with Crippen LogP contribution in [-0.4, -0.2) is 23.2 Å².